The van der Waals surface area contributed by atoms with Crippen molar-refractivity contribution in [3.05, 3.63) is 48.2 Å². The molecule has 3 rings (SSSR count). The number of carbonyl (C=O) groups is 1. The minimum atomic E-state index is 0.651. The molecule has 0 saturated heterocycles. The fourth-order valence-corrected chi connectivity index (χ4v) is 2.59. The van der Waals surface area contributed by atoms with Gasteiger partial charge in [0.15, 0.2) is 6.29 Å². The smallest absolute Gasteiger partial charge is 0.152 e. The number of anilines is 1. The number of benzene rings is 1. The number of fused-ring (bicyclic) bond motifs is 1. The molecule has 23 heavy (non-hydrogen) atoms. The maximum Gasteiger partial charge on any atom is 0.152 e. The number of nitrogens with one attached hydrogen (secondary N) is 2. The van der Waals surface area contributed by atoms with Crippen LogP contribution in [0.5, 0.6) is 0 Å². The van der Waals surface area contributed by atoms with Crippen molar-refractivity contribution in [3.8, 4) is 11.4 Å². The summed E-state index contributed by atoms with van der Waals surface area (Å²) in [5.41, 5.74) is 4.11. The summed E-state index contributed by atoms with van der Waals surface area (Å²) in [5.74, 6) is 0. The molecule has 0 atom stereocenters. The average molecular weight is 308 g/mol. The van der Waals surface area contributed by atoms with Gasteiger partial charge < -0.3 is 15.2 Å². The highest BCUT2D eigenvalue weighted by molar-refractivity contribution is 6.04. The first-order chi connectivity index (χ1) is 11.2. The number of carbonyl (C=O) groups excluding carboxylic acids is 1. The Kier molecular flexibility index (Phi) is 4.39. The summed E-state index contributed by atoms with van der Waals surface area (Å²) in [7, 11) is 4.08. The Balaban J connectivity index is 1.94. The molecule has 0 bridgehead atoms. The molecular weight excluding hydrogens is 288 g/mol. The van der Waals surface area contributed by atoms with Crippen LogP contribution in [0.25, 0.3) is 22.3 Å². The van der Waals surface area contributed by atoms with Crippen LogP contribution in [0.3, 0.4) is 0 Å². The van der Waals surface area contributed by atoms with E-state index < -0.39 is 0 Å². The number of hydrogen-bond acceptors (Lipinski definition) is 4. The first-order valence-corrected chi connectivity index (χ1v) is 7.60. The average Bonchev–Trinajstić information content (AvgIpc) is 2.93. The molecular formula is C18H20N4O. The van der Waals surface area contributed by atoms with Gasteiger partial charge >= 0.3 is 0 Å². The number of aromatic amines is 1. The molecule has 0 spiro atoms. The van der Waals surface area contributed by atoms with Crippen molar-refractivity contribution in [2.24, 2.45) is 0 Å². The van der Waals surface area contributed by atoms with Crippen LogP contribution in [0.4, 0.5) is 5.69 Å². The van der Waals surface area contributed by atoms with Crippen LogP contribution >= 0.6 is 0 Å². The Hall–Kier alpha value is -2.66. The van der Waals surface area contributed by atoms with E-state index in [4.69, 9.17) is 0 Å². The molecule has 0 aliphatic rings. The van der Waals surface area contributed by atoms with Crippen molar-refractivity contribution in [3.63, 3.8) is 0 Å². The molecule has 0 aliphatic heterocycles. The third-order valence-corrected chi connectivity index (χ3v) is 3.77. The predicted octanol–water partition coefficient (Wildman–Crippen LogP) is 3.02. The molecule has 5 heteroatoms. The maximum absolute atomic E-state index is 11.5. The highest BCUT2D eigenvalue weighted by atomic mass is 16.1. The van der Waals surface area contributed by atoms with Gasteiger partial charge in [0.1, 0.15) is 0 Å². The Bertz CT molecular complexity index is 823. The van der Waals surface area contributed by atoms with Gasteiger partial charge in [0.05, 0.1) is 11.4 Å². The fraction of sp³-hybridized carbons (Fsp3) is 0.222. The lowest BCUT2D eigenvalue weighted by Gasteiger charge is -2.11. The molecule has 3 aromatic rings. The summed E-state index contributed by atoms with van der Waals surface area (Å²) in [6, 6.07) is 11.7. The molecule has 0 radical (unpaired) electrons. The Labute approximate surface area is 135 Å². The van der Waals surface area contributed by atoms with Gasteiger partial charge in [-0.15, -0.1) is 0 Å². The molecule has 0 aliphatic carbocycles. The second-order valence-corrected chi connectivity index (χ2v) is 5.74. The van der Waals surface area contributed by atoms with E-state index in [1.807, 2.05) is 50.5 Å². The van der Waals surface area contributed by atoms with Crippen LogP contribution < -0.4 is 5.32 Å². The number of aldehydes is 1. The number of aromatic nitrogens is 2. The third kappa shape index (κ3) is 3.24. The van der Waals surface area contributed by atoms with Crippen molar-refractivity contribution in [2.45, 2.75) is 0 Å². The van der Waals surface area contributed by atoms with Gasteiger partial charge in [-0.2, -0.15) is 0 Å². The lowest BCUT2D eigenvalue weighted by Crippen LogP contribution is -2.20. The number of pyridine rings is 1. The number of nitrogens with zero attached hydrogens (tertiary/aromatic N) is 2. The topological polar surface area (TPSA) is 61.0 Å². The Morgan fingerprint density at radius 3 is 2.87 bits per heavy atom. The number of H-pyrrole nitrogens is 1. The molecule has 1 aromatic carbocycles. The predicted molar refractivity (Wildman–Crippen MR) is 94.0 cm³/mol. The van der Waals surface area contributed by atoms with Crippen molar-refractivity contribution >= 4 is 22.9 Å². The van der Waals surface area contributed by atoms with Gasteiger partial charge in [0.2, 0.25) is 0 Å². The molecule has 0 unspecified atom stereocenters. The van der Waals surface area contributed by atoms with E-state index in [2.05, 4.69) is 20.2 Å². The zero-order chi connectivity index (χ0) is 16.2. The molecule has 0 amide bonds. The van der Waals surface area contributed by atoms with E-state index in [1.165, 1.54) is 0 Å². The van der Waals surface area contributed by atoms with E-state index in [9.17, 15) is 4.79 Å². The van der Waals surface area contributed by atoms with Gasteiger partial charge in [-0.05, 0) is 32.3 Å². The number of para-hydroxylation sites is 1. The van der Waals surface area contributed by atoms with Gasteiger partial charge in [0, 0.05) is 41.4 Å². The first kappa shape index (κ1) is 15.2. The summed E-state index contributed by atoms with van der Waals surface area (Å²) in [6.45, 7) is 1.80. The second kappa shape index (κ2) is 6.62. The zero-order valence-corrected chi connectivity index (χ0v) is 13.3. The lowest BCUT2D eigenvalue weighted by molar-refractivity contribution is 0.112. The van der Waals surface area contributed by atoms with E-state index in [1.54, 1.807) is 6.20 Å². The van der Waals surface area contributed by atoms with Crippen molar-refractivity contribution in [1.29, 1.82) is 0 Å². The van der Waals surface area contributed by atoms with Crippen LogP contribution in [-0.2, 0) is 0 Å². The quantitative estimate of drug-likeness (QED) is 0.687. The SMILES string of the molecule is CN(C)CCNc1ccnc(-c2[nH]c3ccccc3c2C=O)c1. The molecule has 2 heterocycles. The van der Waals surface area contributed by atoms with Gasteiger partial charge in [0.25, 0.3) is 0 Å². The number of likely N-dealkylation sites (N-methyl/N-ethyl adjacent to an activating group) is 1. The third-order valence-electron chi connectivity index (χ3n) is 3.77. The maximum atomic E-state index is 11.5. The minimum Gasteiger partial charge on any atom is -0.384 e. The largest absolute Gasteiger partial charge is 0.384 e. The van der Waals surface area contributed by atoms with Crippen LogP contribution in [0.15, 0.2) is 42.6 Å². The molecule has 0 fully saturated rings. The van der Waals surface area contributed by atoms with Crippen molar-refractivity contribution in [2.75, 3.05) is 32.5 Å². The van der Waals surface area contributed by atoms with E-state index in [-0.39, 0.29) is 0 Å². The fourth-order valence-electron chi connectivity index (χ4n) is 2.59. The van der Waals surface area contributed by atoms with Crippen molar-refractivity contribution in [1.82, 2.24) is 14.9 Å². The summed E-state index contributed by atoms with van der Waals surface area (Å²) < 4.78 is 0. The number of rotatable bonds is 6. The van der Waals surface area contributed by atoms with Crippen LogP contribution in [0.2, 0.25) is 0 Å². The van der Waals surface area contributed by atoms with Crippen molar-refractivity contribution < 1.29 is 4.79 Å². The Morgan fingerprint density at radius 1 is 1.26 bits per heavy atom. The van der Waals surface area contributed by atoms with Gasteiger partial charge in [-0.1, -0.05) is 18.2 Å². The van der Waals surface area contributed by atoms with E-state index in [0.29, 0.717) is 5.56 Å². The van der Waals surface area contributed by atoms with Crippen LogP contribution in [0, 0.1) is 0 Å². The standard InChI is InChI=1S/C18H20N4O/c1-22(2)10-9-19-13-7-8-20-17(11-13)18-15(12-23)14-5-3-4-6-16(14)21-18/h3-8,11-12,21H,9-10H2,1-2H3,(H,19,20). The monoisotopic (exact) mass is 308 g/mol. The van der Waals surface area contributed by atoms with E-state index >= 15 is 0 Å². The first-order valence-electron chi connectivity index (χ1n) is 7.60. The second-order valence-electron chi connectivity index (χ2n) is 5.74. The zero-order valence-electron chi connectivity index (χ0n) is 13.3. The highest BCUT2D eigenvalue weighted by Crippen LogP contribution is 2.28. The molecule has 2 N–H and O–H groups in total. The summed E-state index contributed by atoms with van der Waals surface area (Å²) >= 11 is 0. The van der Waals surface area contributed by atoms with Crippen LogP contribution in [0.1, 0.15) is 10.4 Å². The summed E-state index contributed by atoms with van der Waals surface area (Å²) in [5, 5.41) is 4.30. The van der Waals surface area contributed by atoms with Crippen LogP contribution in [-0.4, -0.2) is 48.3 Å². The summed E-state index contributed by atoms with van der Waals surface area (Å²) in [6.07, 6.45) is 2.65. The minimum absolute atomic E-state index is 0.651. The molecule has 0 saturated carbocycles. The Morgan fingerprint density at radius 2 is 2.09 bits per heavy atom. The molecule has 118 valence electrons. The van der Waals surface area contributed by atoms with E-state index in [0.717, 1.165) is 47.4 Å². The molecule has 5 nitrogen and oxygen atoms in total. The summed E-state index contributed by atoms with van der Waals surface area (Å²) in [4.78, 5) is 21.4. The normalized spacial score (nSPS) is 11.1. The number of hydrogen-bond donors (Lipinski definition) is 2. The lowest BCUT2D eigenvalue weighted by atomic mass is 10.1. The molecule has 2 aromatic heterocycles. The highest BCUT2D eigenvalue weighted by Gasteiger charge is 2.13. The van der Waals surface area contributed by atoms with Gasteiger partial charge in [-0.25, -0.2) is 0 Å². The van der Waals surface area contributed by atoms with Gasteiger partial charge in [-0.3, -0.25) is 9.78 Å².